The van der Waals surface area contributed by atoms with Crippen molar-refractivity contribution in [3.05, 3.63) is 201 Å². The van der Waals surface area contributed by atoms with Gasteiger partial charge in [0.15, 0.2) is 74.8 Å². The molecule has 4 aliphatic heterocycles. The average molecular weight is 1830 g/mol. The van der Waals surface area contributed by atoms with Crippen LogP contribution in [0.4, 0.5) is 23.5 Å². The standard InChI is InChI=1S/4C18H15ClN2O6S2/c4*1-9-5-13-14(26-8-25-13)7-11(9)6-12(22)17-15(3-4-28-17)29(23,24)21-18-16(19)10(2)20-27-18/h4*3-5,7,21H,6,8H2,1-2H3/i1D3,8D;8D2;8D;1D3/hD4. The van der Waals surface area contributed by atoms with Gasteiger partial charge in [-0.3, -0.25) is 19.2 Å². The fourth-order valence-electron chi connectivity index (χ4n) is 10.6. The van der Waals surface area contributed by atoms with Crippen LogP contribution in [0.5, 0.6) is 46.0 Å². The minimum atomic E-state index is -4.59. The molecule has 0 saturated heterocycles. The van der Waals surface area contributed by atoms with E-state index in [1.54, 1.807) is 32.0 Å². The molecule has 116 heavy (non-hydrogen) atoms. The highest BCUT2D eigenvalue weighted by atomic mass is 35.5. The summed E-state index contributed by atoms with van der Waals surface area (Å²) in [5, 5.41) is 19.2. The number of thiophene rings is 4. The molecule has 8 aromatic heterocycles. The lowest BCUT2D eigenvalue weighted by atomic mass is 10.0. The van der Waals surface area contributed by atoms with Crippen LogP contribution in [0.2, 0.25) is 25.7 Å². The van der Waals surface area contributed by atoms with Crippen molar-refractivity contribution in [1.29, 1.82) is 0 Å². The van der Waals surface area contributed by atoms with Crippen LogP contribution in [0, 0.1) is 55.2 Å². The lowest BCUT2D eigenvalue weighted by Crippen LogP contribution is -2.16. The van der Waals surface area contributed by atoms with Crippen molar-refractivity contribution in [3.63, 3.8) is 0 Å². The normalized spacial score (nSPS) is 16.6. The maximum Gasteiger partial charge on any atom is 0.265 e. The Bertz CT molecular complexity index is 7010. The molecule has 0 amide bonds. The average Bonchev–Trinajstić information content (AvgIpc) is 1.61. The molecule has 608 valence electrons. The number of sulfonamides is 4. The van der Waals surface area contributed by atoms with Gasteiger partial charge in [-0.05, 0) is 194 Å². The largest absolute Gasteiger partial charge is 0.454 e. The minimum absolute atomic E-state index is 0.0277. The van der Waals surface area contributed by atoms with E-state index in [0.29, 0.717) is 28.2 Å². The molecule has 4 aromatic carbocycles. The zero-order chi connectivity index (χ0) is 95.0. The highest BCUT2D eigenvalue weighted by Gasteiger charge is 2.34. The number of hydrogen-bond donors (Lipinski definition) is 4. The number of ether oxygens (including phenoxy) is 8. The van der Waals surface area contributed by atoms with Crippen LogP contribution in [0.3, 0.4) is 0 Å². The zero-order valence-corrected chi connectivity index (χ0v) is 69.1. The number of aryl methyl sites for hydroxylation is 8. The molecule has 12 aromatic rings. The second kappa shape index (κ2) is 34.1. The molecule has 0 spiro atoms. The van der Waals surface area contributed by atoms with Crippen LogP contribution in [-0.2, 0) is 65.8 Å². The fourth-order valence-corrected chi connectivity index (χ4v) is 20.5. The number of aromatic nitrogens is 4. The molecule has 0 fully saturated rings. The van der Waals surface area contributed by atoms with Gasteiger partial charge in [0.1, 0.15) is 67.9 Å². The topological polar surface area (TPSA) is 431 Å². The van der Waals surface area contributed by atoms with Crippen molar-refractivity contribution in [2.75, 3.05) is 45.9 Å². The first-order valence-corrected chi connectivity index (χ1v) is 43.3. The predicted octanol–water partition coefficient (Wildman–Crippen LogP) is 15.8. The van der Waals surface area contributed by atoms with E-state index in [1.807, 2.05) is 0 Å². The van der Waals surface area contributed by atoms with Crippen LogP contribution >= 0.6 is 91.8 Å². The first-order valence-electron chi connectivity index (χ1n) is 39.5. The molecule has 2 atom stereocenters. The van der Waals surface area contributed by atoms with E-state index >= 15 is 0 Å². The number of rotatable bonds is 24. The molecular formula is C72H60Cl4N8O24S8. The van der Waals surface area contributed by atoms with Gasteiger partial charge in [-0.15, -0.1) is 45.3 Å². The summed E-state index contributed by atoms with van der Waals surface area (Å²) in [6.45, 7) is -0.638. The Morgan fingerprint density at radius 1 is 0.379 bits per heavy atom. The quantitative estimate of drug-likeness (QED) is 0.0408. The summed E-state index contributed by atoms with van der Waals surface area (Å²) in [7, 11) is -18.1. The number of Topliss-reactive ketones (excluding diaryl/α,β-unsaturated/α-hetero) is 4. The first kappa shape index (κ1) is 66.9. The smallest absolute Gasteiger partial charge is 0.265 e. The van der Waals surface area contributed by atoms with Crippen LogP contribution in [0.15, 0.2) is 132 Å². The maximum atomic E-state index is 13.1. The summed E-state index contributed by atoms with van der Waals surface area (Å²) >= 11 is 27.4. The van der Waals surface area contributed by atoms with E-state index < -0.39 is 143 Å². The van der Waals surface area contributed by atoms with E-state index in [9.17, 15) is 52.8 Å². The van der Waals surface area contributed by atoms with Crippen molar-refractivity contribution in [3.8, 4) is 46.0 Å². The summed E-state index contributed by atoms with van der Waals surface area (Å²) in [6, 6.07) is 16.3. The van der Waals surface area contributed by atoms with Gasteiger partial charge < -0.3 is 56.0 Å². The van der Waals surface area contributed by atoms with Gasteiger partial charge in [0, 0.05) is 33.9 Å². The highest BCUT2D eigenvalue weighted by Crippen LogP contribution is 2.42. The van der Waals surface area contributed by atoms with Crippen molar-refractivity contribution < 1.29 is 128 Å². The van der Waals surface area contributed by atoms with Crippen LogP contribution in [0.1, 0.15) is 120 Å². The molecule has 16 rings (SSSR count). The molecule has 32 nitrogen and oxygen atoms in total. The van der Waals surface area contributed by atoms with Crippen LogP contribution in [-0.4, -0.2) is 105 Å². The third kappa shape index (κ3) is 18.1. The Hall–Kier alpha value is -10.2. The monoisotopic (exact) mass is 1830 g/mol. The van der Waals surface area contributed by atoms with Gasteiger partial charge in [-0.25, -0.2) is 52.5 Å². The van der Waals surface area contributed by atoms with Gasteiger partial charge in [0.05, 0.1) is 19.5 Å². The maximum absolute atomic E-state index is 13.1. The third-order valence-corrected chi connectivity index (χ3v) is 27.8. The Labute approximate surface area is 716 Å². The number of anilines is 4. The number of ketones is 4. The van der Waals surface area contributed by atoms with E-state index in [4.69, 9.17) is 122 Å². The molecule has 44 heteroatoms. The summed E-state index contributed by atoms with van der Waals surface area (Å²) < 4.78 is 274. The minimum Gasteiger partial charge on any atom is -0.454 e. The van der Waals surface area contributed by atoms with Gasteiger partial charge in [-0.1, -0.05) is 67.0 Å². The van der Waals surface area contributed by atoms with Crippen LogP contribution in [0.25, 0.3) is 0 Å². The highest BCUT2D eigenvalue weighted by molar-refractivity contribution is 7.94. The van der Waals surface area contributed by atoms with Gasteiger partial charge in [-0.2, -0.15) is 0 Å². The number of carbonyl (C=O) groups excluding carboxylic acids is 4. The molecule has 4 aliphatic rings. The Morgan fingerprint density at radius 3 is 0.879 bits per heavy atom. The summed E-state index contributed by atoms with van der Waals surface area (Å²) in [6.07, 6.45) is -1.16. The predicted molar refractivity (Wildman–Crippen MR) is 427 cm³/mol. The molecule has 4 N–H and O–H groups in total. The van der Waals surface area contributed by atoms with Gasteiger partial charge >= 0.3 is 0 Å². The Balaban J connectivity index is 0.000000148. The van der Waals surface area contributed by atoms with Crippen LogP contribution < -0.4 is 56.8 Å². The lowest BCUT2D eigenvalue weighted by molar-refractivity contribution is 0.0985. The summed E-state index contributed by atoms with van der Waals surface area (Å²) in [4.78, 5) is 50.2. The number of benzene rings is 4. The number of nitrogens with one attached hydrogen (secondary N) is 4. The SMILES string of the molecule is [2H]C1Oc2cc(C)c(CC(=O)c3sccc3S(=O)(=O)N([2H])c3onc(C)c3Cl)cc2O1.[2H]C1Oc2cc(CC(=O)c3sccc3S(=O)(=O)N([2H])c3onc(C)c3Cl)c(C([2H])([2H])[2H])cc2O1.[2H]N(c1onc(C)c1Cl)S(=O)(=O)c1ccsc1C(=O)Cc1cc2c(cc1C([2H])([2H])[2H])OCO2.[2H]N(c1onc(C)c1Cl)S(=O)(=O)c1ccsc1C(=O)Cc1cc2c(cc1C)OC([2H])([2H])O2. The Morgan fingerprint density at radius 2 is 0.612 bits per heavy atom. The molecule has 0 radical (unpaired) electrons. The van der Waals surface area contributed by atoms with E-state index in [2.05, 4.69) is 20.6 Å². The van der Waals surface area contributed by atoms with E-state index in [1.165, 1.54) is 97.7 Å². The molecule has 0 saturated carbocycles. The third-order valence-electron chi connectivity index (χ3n) is 16.5. The molecule has 2 unspecified atom stereocenters. The fraction of sp³-hybridized carbons (Fsp3) is 0.222. The first-order chi connectivity index (χ1) is 60.7. The van der Waals surface area contributed by atoms with E-state index in [0.717, 1.165) is 57.0 Å². The zero-order valence-electron chi connectivity index (χ0n) is 73.6. The second-order valence-corrected chi connectivity index (χ2v) is 35.9. The summed E-state index contributed by atoms with van der Waals surface area (Å²) in [5.74, 6) is -2.47. The lowest BCUT2D eigenvalue weighted by Gasteiger charge is -2.09. The number of halogens is 4. The summed E-state index contributed by atoms with van der Waals surface area (Å²) in [5.41, 5.74) is 3.25. The molecule has 0 bridgehead atoms. The Kier molecular flexibility index (Phi) is 19.7. The number of nitrogens with zero attached hydrogens (tertiary/aromatic N) is 4. The van der Waals surface area contributed by atoms with Crippen molar-refractivity contribution in [2.45, 2.75) is 101 Å². The van der Waals surface area contributed by atoms with E-state index in [-0.39, 0.29) is 167 Å². The second-order valence-electron chi connectivity index (χ2n) is 24.4. The molecular weight excluding hydrogens is 1760 g/mol. The number of carbonyl (C=O) groups is 4. The molecule has 12 heterocycles. The van der Waals surface area contributed by atoms with Gasteiger partial charge in [0.25, 0.3) is 63.6 Å². The molecule has 0 aliphatic carbocycles. The van der Waals surface area contributed by atoms with Crippen molar-refractivity contribution >= 4 is 179 Å². The van der Waals surface area contributed by atoms with Crippen molar-refractivity contribution in [1.82, 2.24) is 20.6 Å². The van der Waals surface area contributed by atoms with Crippen molar-refractivity contribution in [2.24, 2.45) is 0 Å². The van der Waals surface area contributed by atoms with Gasteiger partial charge in [0.2, 0.25) is 27.1 Å². The number of fused-ring (bicyclic) bond motifs is 4. The number of hydrogen-bond acceptors (Lipinski definition) is 32.